The predicted molar refractivity (Wildman–Crippen MR) is 154 cm³/mol. The summed E-state index contributed by atoms with van der Waals surface area (Å²) in [6.07, 6.45) is 2.72. The summed E-state index contributed by atoms with van der Waals surface area (Å²) in [5.41, 5.74) is 5.21. The van der Waals surface area contributed by atoms with Gasteiger partial charge in [0.1, 0.15) is 22.8 Å². The number of primary amides is 1. The Kier molecular flexibility index (Phi) is 6.75. The number of likely N-dealkylation sites (N-methyl/N-ethyl adjacent to an activating group) is 1. The molecular formula is C32H35N3O7. The number of carbonyl (C=O) groups is 3. The zero-order valence-corrected chi connectivity index (χ0v) is 23.6. The van der Waals surface area contributed by atoms with Crippen LogP contribution < -0.4 is 5.73 Å². The topological polar surface area (TPSA) is 165 Å². The molecule has 6 N–H and O–H groups in total. The molecule has 2 aromatic rings. The number of phenolic OH excluding ortho intramolecular Hbond substituents is 1. The fourth-order valence-corrected chi connectivity index (χ4v) is 7.51. The third-order valence-corrected chi connectivity index (χ3v) is 9.48. The number of aliphatic hydroxyl groups is 3. The third-order valence-electron chi connectivity index (χ3n) is 9.48. The van der Waals surface area contributed by atoms with Gasteiger partial charge in [0.15, 0.2) is 11.4 Å². The molecule has 1 fully saturated rings. The number of carbonyl (C=O) groups excluding carboxylic acids is 3. The number of allylic oxidation sites excluding steroid dienone is 1. The second-order valence-corrected chi connectivity index (χ2v) is 12.1. The average Bonchev–Trinajstić information content (AvgIpc) is 3.44. The summed E-state index contributed by atoms with van der Waals surface area (Å²) in [7, 11) is 3.22. The standard InChI is InChI=1S/C32H35N3O7/c1-34(2)26-21-14-18-13-20-19(17-7-5-16(6-8-17)15-35-11-3-4-12-35)9-10-22(36)24(20)27(37)23(18)29(39)32(21,42)30(40)25(28(26)38)31(33)41/h5-10,18,21,26,36,38-39,42H,3-4,11-15H2,1-2H3,(H2,33,41)/t18-,21+,26?,32-/m0/s1. The van der Waals surface area contributed by atoms with E-state index >= 15 is 0 Å². The Hall–Kier alpha value is -3.99. The summed E-state index contributed by atoms with van der Waals surface area (Å²) in [4.78, 5) is 43.5. The summed E-state index contributed by atoms with van der Waals surface area (Å²) >= 11 is 0. The molecule has 4 aliphatic rings. The Bertz CT molecular complexity index is 1570. The lowest BCUT2D eigenvalue weighted by molar-refractivity contribution is -0.148. The molecule has 0 aromatic heterocycles. The van der Waals surface area contributed by atoms with Gasteiger partial charge in [-0.05, 0) is 87.1 Å². The highest BCUT2D eigenvalue weighted by atomic mass is 16.3. The van der Waals surface area contributed by atoms with E-state index in [1.54, 1.807) is 20.2 Å². The Morgan fingerprint density at radius 2 is 1.71 bits per heavy atom. The van der Waals surface area contributed by atoms with Crippen molar-refractivity contribution >= 4 is 17.5 Å². The zero-order chi connectivity index (χ0) is 30.1. The van der Waals surface area contributed by atoms with Gasteiger partial charge < -0.3 is 26.2 Å². The van der Waals surface area contributed by atoms with Crippen molar-refractivity contribution in [3.05, 3.63) is 75.8 Å². The number of fused-ring (bicyclic) bond motifs is 3. The fraction of sp³-hybridized carbons (Fsp3) is 0.406. The van der Waals surface area contributed by atoms with E-state index in [9.17, 15) is 34.8 Å². The molecule has 0 radical (unpaired) electrons. The summed E-state index contributed by atoms with van der Waals surface area (Å²) in [5, 5.41) is 45.0. The number of nitrogens with two attached hydrogens (primary N) is 1. The Morgan fingerprint density at radius 1 is 1.05 bits per heavy atom. The lowest BCUT2D eigenvalue weighted by Crippen LogP contribution is -2.63. The third kappa shape index (κ3) is 4.08. The molecule has 1 amide bonds. The predicted octanol–water partition coefficient (Wildman–Crippen LogP) is 2.38. The molecule has 2 aromatic carbocycles. The molecule has 1 aliphatic heterocycles. The minimum absolute atomic E-state index is 0.00873. The van der Waals surface area contributed by atoms with Crippen molar-refractivity contribution in [1.82, 2.24) is 9.80 Å². The number of rotatable bonds is 5. The lowest BCUT2D eigenvalue weighted by Gasteiger charge is -2.50. The number of phenols is 1. The van der Waals surface area contributed by atoms with Gasteiger partial charge in [0.2, 0.25) is 5.78 Å². The molecule has 6 rings (SSSR count). The highest BCUT2D eigenvalue weighted by Crippen LogP contribution is 2.53. The largest absolute Gasteiger partial charge is 0.510 e. The quantitative estimate of drug-likeness (QED) is 0.338. The molecule has 0 bridgehead atoms. The molecule has 10 heteroatoms. The highest BCUT2D eigenvalue weighted by molar-refractivity contribution is 6.24. The number of nitrogens with zero attached hydrogens (tertiary/aromatic N) is 2. The monoisotopic (exact) mass is 573 g/mol. The summed E-state index contributed by atoms with van der Waals surface area (Å²) in [6, 6.07) is 10.3. The first-order valence-corrected chi connectivity index (χ1v) is 14.3. The number of Topliss-reactive ketones (excluding diaryl/α,β-unsaturated/α-hetero) is 2. The maximum absolute atomic E-state index is 14.0. The van der Waals surface area contributed by atoms with Gasteiger partial charge in [0.25, 0.3) is 5.91 Å². The molecule has 1 saturated heterocycles. The van der Waals surface area contributed by atoms with Crippen molar-refractivity contribution in [2.24, 2.45) is 17.6 Å². The first-order valence-electron chi connectivity index (χ1n) is 14.3. The molecule has 0 saturated carbocycles. The Labute approximate surface area is 243 Å². The number of hydrogen-bond donors (Lipinski definition) is 5. The van der Waals surface area contributed by atoms with Crippen LogP contribution in [0.3, 0.4) is 0 Å². The molecule has 3 aliphatic carbocycles. The second-order valence-electron chi connectivity index (χ2n) is 12.1. The van der Waals surface area contributed by atoms with Gasteiger partial charge in [-0.2, -0.15) is 0 Å². The Morgan fingerprint density at radius 3 is 2.33 bits per heavy atom. The van der Waals surface area contributed by atoms with Crippen molar-refractivity contribution in [3.63, 3.8) is 0 Å². The van der Waals surface area contributed by atoms with Crippen molar-refractivity contribution in [2.45, 2.75) is 43.9 Å². The van der Waals surface area contributed by atoms with E-state index in [0.717, 1.165) is 30.8 Å². The average molecular weight is 574 g/mol. The fourth-order valence-electron chi connectivity index (χ4n) is 7.51. The van der Waals surface area contributed by atoms with Gasteiger partial charge in [-0.25, -0.2) is 0 Å². The van der Waals surface area contributed by atoms with E-state index in [0.29, 0.717) is 5.56 Å². The second kappa shape index (κ2) is 10.1. The van der Waals surface area contributed by atoms with Crippen LogP contribution in [0.25, 0.3) is 11.1 Å². The lowest BCUT2D eigenvalue weighted by atomic mass is 9.58. The molecule has 1 heterocycles. The van der Waals surface area contributed by atoms with Gasteiger partial charge >= 0.3 is 0 Å². The Balaban J connectivity index is 1.43. The van der Waals surface area contributed by atoms with Crippen LogP contribution >= 0.6 is 0 Å². The molecular weight excluding hydrogens is 538 g/mol. The maximum Gasteiger partial charge on any atom is 0.255 e. The van der Waals surface area contributed by atoms with Crippen LogP contribution in [0, 0.1) is 11.8 Å². The van der Waals surface area contributed by atoms with Gasteiger partial charge in [-0.15, -0.1) is 0 Å². The summed E-state index contributed by atoms with van der Waals surface area (Å²) in [6.45, 7) is 3.05. The minimum atomic E-state index is -2.65. The van der Waals surface area contributed by atoms with Gasteiger partial charge in [0.05, 0.1) is 11.6 Å². The van der Waals surface area contributed by atoms with Crippen LogP contribution in [0.2, 0.25) is 0 Å². The first kappa shape index (κ1) is 28.1. The van der Waals surface area contributed by atoms with E-state index in [-0.39, 0.29) is 29.7 Å². The molecule has 1 unspecified atom stereocenters. The van der Waals surface area contributed by atoms with Crippen molar-refractivity contribution in [1.29, 1.82) is 0 Å². The minimum Gasteiger partial charge on any atom is -0.510 e. The summed E-state index contributed by atoms with van der Waals surface area (Å²) in [5.74, 6) is -6.58. The van der Waals surface area contributed by atoms with Crippen molar-refractivity contribution in [2.75, 3.05) is 27.2 Å². The number of ketones is 2. The van der Waals surface area contributed by atoms with Gasteiger partial charge in [-0.1, -0.05) is 30.3 Å². The highest BCUT2D eigenvalue weighted by Gasteiger charge is 2.63. The summed E-state index contributed by atoms with van der Waals surface area (Å²) < 4.78 is 0. The maximum atomic E-state index is 14.0. The number of hydrogen-bond acceptors (Lipinski definition) is 9. The first-order chi connectivity index (χ1) is 19.9. The van der Waals surface area contributed by atoms with E-state index in [2.05, 4.69) is 17.0 Å². The van der Waals surface area contributed by atoms with E-state index < -0.39 is 58.0 Å². The molecule has 10 nitrogen and oxygen atoms in total. The van der Waals surface area contributed by atoms with E-state index in [1.807, 2.05) is 12.1 Å². The smallest absolute Gasteiger partial charge is 0.255 e. The number of likely N-dealkylation sites (tertiary alicyclic amines) is 1. The number of benzene rings is 2. The molecule has 220 valence electrons. The van der Waals surface area contributed by atoms with Crippen LogP contribution in [0.15, 0.2) is 59.1 Å². The normalized spacial score (nSPS) is 27.8. The van der Waals surface area contributed by atoms with E-state index in [4.69, 9.17) is 5.73 Å². The van der Waals surface area contributed by atoms with Crippen LogP contribution in [-0.4, -0.2) is 86.5 Å². The van der Waals surface area contributed by atoms with Crippen LogP contribution in [0.4, 0.5) is 0 Å². The van der Waals surface area contributed by atoms with Crippen LogP contribution in [0.1, 0.15) is 40.7 Å². The van der Waals surface area contributed by atoms with Crippen LogP contribution in [-0.2, 0) is 22.6 Å². The number of aromatic hydroxyl groups is 1. The molecule has 42 heavy (non-hydrogen) atoms. The van der Waals surface area contributed by atoms with Crippen LogP contribution in [0.5, 0.6) is 5.75 Å². The zero-order valence-electron chi connectivity index (χ0n) is 23.6. The van der Waals surface area contributed by atoms with Gasteiger partial charge in [0, 0.05) is 18.0 Å². The van der Waals surface area contributed by atoms with Gasteiger partial charge in [-0.3, -0.25) is 24.2 Å². The van der Waals surface area contributed by atoms with E-state index in [1.165, 1.54) is 29.4 Å². The molecule has 0 spiro atoms. The number of amides is 1. The number of aliphatic hydroxyl groups excluding tert-OH is 2. The SMILES string of the molecule is CN(C)C1C(O)=C(C(N)=O)C(=O)[C@@]2(O)C(O)=C3C(=O)c4c(O)ccc(-c5ccc(CN6CCCC6)cc5)c4C[C@H]3C[C@H]12. The van der Waals surface area contributed by atoms with Crippen molar-refractivity contribution in [3.8, 4) is 16.9 Å². The van der Waals surface area contributed by atoms with Crippen molar-refractivity contribution < 1.29 is 34.8 Å². The molecule has 4 atom stereocenters.